The monoisotopic (exact) mass is 344 g/mol. The fourth-order valence-electron chi connectivity index (χ4n) is 3.78. The number of hydrogen-bond acceptors (Lipinski definition) is 4. The summed E-state index contributed by atoms with van der Waals surface area (Å²) in [5, 5.41) is 13.6. The van der Waals surface area contributed by atoms with Gasteiger partial charge in [0.15, 0.2) is 0 Å². The van der Waals surface area contributed by atoms with E-state index in [1.807, 2.05) is 55.3 Å². The Balaban J connectivity index is 1.57. The highest BCUT2D eigenvalue weighted by Crippen LogP contribution is 2.38. The van der Waals surface area contributed by atoms with Gasteiger partial charge in [-0.15, -0.1) is 0 Å². The highest BCUT2D eigenvalue weighted by Gasteiger charge is 2.48. The summed E-state index contributed by atoms with van der Waals surface area (Å²) in [6.07, 6.45) is 5.91. The summed E-state index contributed by atoms with van der Waals surface area (Å²) in [7, 11) is 1.88. The first-order chi connectivity index (χ1) is 11.9. The van der Waals surface area contributed by atoms with Gasteiger partial charge >= 0.3 is 0 Å². The maximum absolute atomic E-state index is 12.4. The van der Waals surface area contributed by atoms with E-state index in [2.05, 4.69) is 5.32 Å². The third-order valence-corrected chi connectivity index (χ3v) is 5.55. The van der Waals surface area contributed by atoms with Crippen molar-refractivity contribution in [1.29, 1.82) is 0 Å². The Labute approximate surface area is 149 Å². The Bertz CT molecular complexity index is 619. The van der Waals surface area contributed by atoms with Gasteiger partial charge in [-0.05, 0) is 44.9 Å². The molecule has 1 aromatic carbocycles. The summed E-state index contributed by atoms with van der Waals surface area (Å²) in [6, 6.07) is 9.86. The third kappa shape index (κ3) is 4.11. The van der Waals surface area contributed by atoms with E-state index >= 15 is 0 Å². The largest absolute Gasteiger partial charge is 0.386 e. The first-order valence-corrected chi connectivity index (χ1v) is 9.00. The first kappa shape index (κ1) is 18.1. The van der Waals surface area contributed by atoms with E-state index in [9.17, 15) is 9.90 Å². The van der Waals surface area contributed by atoms with Crippen molar-refractivity contribution >= 4 is 12.0 Å². The predicted molar refractivity (Wildman–Crippen MR) is 98.1 cm³/mol. The highest BCUT2D eigenvalue weighted by molar-refractivity contribution is 5.91. The maximum Gasteiger partial charge on any atom is 0.246 e. The Morgan fingerprint density at radius 1 is 1.32 bits per heavy atom. The van der Waals surface area contributed by atoms with Gasteiger partial charge in [0.1, 0.15) is 5.60 Å². The van der Waals surface area contributed by atoms with Crippen LogP contribution in [0.15, 0.2) is 36.4 Å². The molecule has 0 aromatic heterocycles. The van der Waals surface area contributed by atoms with Crippen LogP contribution in [0, 0.1) is 0 Å². The molecule has 3 rings (SSSR count). The van der Waals surface area contributed by atoms with Gasteiger partial charge in [-0.3, -0.25) is 4.79 Å². The zero-order chi connectivity index (χ0) is 17.9. The fraction of sp³-hybridized carbons (Fsp3) is 0.550. The van der Waals surface area contributed by atoms with Gasteiger partial charge in [-0.25, -0.2) is 0 Å². The molecule has 1 spiro atoms. The number of nitrogens with zero attached hydrogens (tertiary/aromatic N) is 1. The number of aliphatic hydroxyl groups is 1. The molecule has 2 atom stereocenters. The number of ether oxygens (including phenoxy) is 1. The number of amides is 1. The standard InChI is InChI=1S/C20H28N2O3/c1-19(24)15-25-20(14-17(19)21-2)10-12-22(13-11-20)18(23)9-8-16-6-4-3-5-7-16/h3-9,17,21,24H,10-15H2,1-2H3/b9-8+/t17-,19-/m0/s1. The molecule has 0 radical (unpaired) electrons. The van der Waals surface area contributed by atoms with Crippen LogP contribution >= 0.6 is 0 Å². The van der Waals surface area contributed by atoms with Crippen molar-refractivity contribution in [2.45, 2.75) is 43.4 Å². The number of carbonyl (C=O) groups is 1. The van der Waals surface area contributed by atoms with Crippen molar-refractivity contribution in [2.75, 3.05) is 26.7 Å². The first-order valence-electron chi connectivity index (χ1n) is 9.00. The number of benzene rings is 1. The van der Waals surface area contributed by atoms with Crippen molar-refractivity contribution in [3.63, 3.8) is 0 Å². The third-order valence-electron chi connectivity index (χ3n) is 5.55. The Morgan fingerprint density at radius 2 is 2.00 bits per heavy atom. The molecule has 2 N–H and O–H groups in total. The molecule has 5 nitrogen and oxygen atoms in total. The number of likely N-dealkylation sites (tertiary alicyclic amines) is 1. The number of nitrogens with one attached hydrogen (secondary N) is 1. The summed E-state index contributed by atoms with van der Waals surface area (Å²) in [4.78, 5) is 14.3. The molecular weight excluding hydrogens is 316 g/mol. The molecule has 5 heteroatoms. The quantitative estimate of drug-likeness (QED) is 0.821. The molecule has 0 bridgehead atoms. The lowest BCUT2D eigenvalue weighted by molar-refractivity contribution is -0.192. The molecule has 0 saturated carbocycles. The topological polar surface area (TPSA) is 61.8 Å². The Kier molecular flexibility index (Phi) is 5.27. The number of hydrogen-bond donors (Lipinski definition) is 2. The van der Waals surface area contributed by atoms with Crippen molar-refractivity contribution in [1.82, 2.24) is 10.2 Å². The summed E-state index contributed by atoms with van der Waals surface area (Å²) in [5.41, 5.74) is -0.0414. The second-order valence-corrected chi connectivity index (χ2v) is 7.44. The number of carbonyl (C=O) groups excluding carboxylic acids is 1. The highest BCUT2D eigenvalue weighted by atomic mass is 16.5. The molecular formula is C20H28N2O3. The van der Waals surface area contributed by atoms with E-state index in [-0.39, 0.29) is 17.6 Å². The minimum absolute atomic E-state index is 0.0153. The second-order valence-electron chi connectivity index (χ2n) is 7.44. The lowest BCUT2D eigenvalue weighted by Gasteiger charge is -2.50. The molecule has 136 valence electrons. The minimum Gasteiger partial charge on any atom is -0.386 e. The van der Waals surface area contributed by atoms with Crippen molar-refractivity contribution in [3.05, 3.63) is 42.0 Å². The lowest BCUT2D eigenvalue weighted by atomic mass is 9.77. The fourth-order valence-corrected chi connectivity index (χ4v) is 3.78. The number of likely N-dealkylation sites (N-methyl/N-ethyl adjacent to an activating group) is 1. The molecule has 2 saturated heterocycles. The molecule has 2 aliphatic heterocycles. The summed E-state index contributed by atoms with van der Waals surface area (Å²) >= 11 is 0. The molecule has 0 aliphatic carbocycles. The van der Waals surface area contributed by atoms with E-state index in [0.717, 1.165) is 24.8 Å². The van der Waals surface area contributed by atoms with E-state index in [0.29, 0.717) is 19.7 Å². The summed E-state index contributed by atoms with van der Waals surface area (Å²) in [6.45, 7) is 3.53. The zero-order valence-electron chi connectivity index (χ0n) is 15.1. The molecule has 1 aromatic rings. The number of rotatable bonds is 3. The Hall–Kier alpha value is -1.69. The van der Waals surface area contributed by atoms with Gasteiger partial charge in [-0.2, -0.15) is 0 Å². The maximum atomic E-state index is 12.4. The van der Waals surface area contributed by atoms with Crippen LogP contribution in [0.3, 0.4) is 0 Å². The van der Waals surface area contributed by atoms with Crippen molar-refractivity contribution in [3.8, 4) is 0 Å². The van der Waals surface area contributed by atoms with Gasteiger partial charge < -0.3 is 20.1 Å². The molecule has 25 heavy (non-hydrogen) atoms. The normalized spacial score (nSPS) is 29.2. The van der Waals surface area contributed by atoms with Gasteiger partial charge in [0.2, 0.25) is 5.91 Å². The van der Waals surface area contributed by atoms with Crippen LogP contribution in [0.4, 0.5) is 0 Å². The van der Waals surface area contributed by atoms with E-state index < -0.39 is 5.60 Å². The molecule has 2 aliphatic rings. The molecule has 2 fully saturated rings. The van der Waals surface area contributed by atoms with E-state index in [1.165, 1.54) is 0 Å². The SMILES string of the molecule is CN[C@H]1CC2(CCN(C(=O)/C=C/c3ccccc3)CC2)OC[C@]1(C)O. The van der Waals surface area contributed by atoms with Gasteiger partial charge in [0.05, 0.1) is 12.2 Å². The van der Waals surface area contributed by atoms with Crippen LogP contribution in [0.5, 0.6) is 0 Å². The van der Waals surface area contributed by atoms with Gasteiger partial charge in [-0.1, -0.05) is 30.3 Å². The second kappa shape index (κ2) is 7.28. The molecule has 2 heterocycles. The lowest BCUT2D eigenvalue weighted by Crippen LogP contribution is -2.62. The van der Waals surface area contributed by atoms with Crippen LogP contribution < -0.4 is 5.32 Å². The van der Waals surface area contributed by atoms with Crippen LogP contribution in [0.25, 0.3) is 6.08 Å². The van der Waals surface area contributed by atoms with E-state index in [1.54, 1.807) is 6.08 Å². The average molecular weight is 344 g/mol. The smallest absolute Gasteiger partial charge is 0.246 e. The van der Waals surface area contributed by atoms with Crippen LogP contribution in [-0.2, 0) is 9.53 Å². The zero-order valence-corrected chi connectivity index (χ0v) is 15.1. The summed E-state index contributed by atoms with van der Waals surface area (Å²) < 4.78 is 6.07. The minimum atomic E-state index is -0.842. The summed E-state index contributed by atoms with van der Waals surface area (Å²) in [5.74, 6) is 0.0478. The van der Waals surface area contributed by atoms with Crippen molar-refractivity contribution in [2.24, 2.45) is 0 Å². The van der Waals surface area contributed by atoms with Gasteiger partial charge in [0, 0.05) is 25.2 Å². The van der Waals surface area contributed by atoms with Crippen LogP contribution in [0.2, 0.25) is 0 Å². The molecule has 0 unspecified atom stereocenters. The average Bonchev–Trinajstić information content (AvgIpc) is 2.63. The van der Waals surface area contributed by atoms with Crippen LogP contribution in [0.1, 0.15) is 31.7 Å². The molecule has 1 amide bonds. The number of piperidine rings is 1. The Morgan fingerprint density at radius 3 is 2.64 bits per heavy atom. The van der Waals surface area contributed by atoms with Crippen LogP contribution in [-0.4, -0.2) is 59.9 Å². The van der Waals surface area contributed by atoms with E-state index in [4.69, 9.17) is 4.74 Å². The van der Waals surface area contributed by atoms with Gasteiger partial charge in [0.25, 0.3) is 0 Å². The predicted octanol–water partition coefficient (Wildman–Crippen LogP) is 1.82. The van der Waals surface area contributed by atoms with Crippen molar-refractivity contribution < 1.29 is 14.6 Å².